The molecule has 0 aliphatic carbocycles. The quantitative estimate of drug-likeness (QED) is 0.695. The van der Waals surface area contributed by atoms with E-state index in [4.69, 9.17) is 0 Å². The molecule has 0 spiro atoms. The van der Waals surface area contributed by atoms with Gasteiger partial charge < -0.3 is 10.4 Å². The van der Waals surface area contributed by atoms with Gasteiger partial charge in [0.1, 0.15) is 6.04 Å². The smallest absolute Gasteiger partial charge is 0.244 e. The van der Waals surface area contributed by atoms with Crippen molar-refractivity contribution >= 4 is 5.91 Å². The zero-order valence-corrected chi connectivity index (χ0v) is 8.43. The highest BCUT2D eigenvalue weighted by atomic mass is 16.3. The first-order valence-corrected chi connectivity index (χ1v) is 4.37. The van der Waals surface area contributed by atoms with E-state index in [9.17, 15) is 9.90 Å². The summed E-state index contributed by atoms with van der Waals surface area (Å²) in [5, 5.41) is 19.3. The number of aliphatic hydroxyl groups is 1. The van der Waals surface area contributed by atoms with Gasteiger partial charge in [-0.15, -0.1) is 5.10 Å². The Labute approximate surface area is 81.9 Å². The van der Waals surface area contributed by atoms with Crippen LogP contribution in [-0.4, -0.2) is 33.1 Å². The van der Waals surface area contributed by atoms with Crippen LogP contribution in [-0.2, 0) is 4.79 Å². The van der Waals surface area contributed by atoms with Crippen LogP contribution in [0.1, 0.15) is 31.7 Å². The van der Waals surface area contributed by atoms with Gasteiger partial charge >= 0.3 is 0 Å². The lowest BCUT2D eigenvalue weighted by molar-refractivity contribution is -0.123. The summed E-state index contributed by atoms with van der Waals surface area (Å²) in [6.07, 6.45) is 0.765. The highest BCUT2D eigenvalue weighted by Gasteiger charge is 2.19. The molecule has 0 aromatic carbocycles. The molecule has 14 heavy (non-hydrogen) atoms. The normalized spacial score (nSPS) is 14.9. The van der Waals surface area contributed by atoms with Crippen LogP contribution in [0, 0.1) is 0 Å². The third kappa shape index (κ3) is 1.90. The molecule has 1 aromatic heterocycles. The molecule has 1 rings (SSSR count). The van der Waals surface area contributed by atoms with E-state index in [1.54, 1.807) is 20.9 Å². The average molecular weight is 198 g/mol. The molecule has 6 heteroatoms. The fourth-order valence-corrected chi connectivity index (χ4v) is 1.17. The highest BCUT2D eigenvalue weighted by molar-refractivity contribution is 5.79. The third-order valence-electron chi connectivity index (χ3n) is 2.02. The Morgan fingerprint density at radius 2 is 2.29 bits per heavy atom. The largest absolute Gasteiger partial charge is 0.387 e. The van der Waals surface area contributed by atoms with Gasteiger partial charge in [-0.05, 0) is 13.8 Å². The Balaban J connectivity index is 2.94. The molecular formula is C8H14N4O2. The van der Waals surface area contributed by atoms with E-state index in [0.717, 1.165) is 0 Å². The molecule has 2 N–H and O–H groups in total. The molecule has 0 radical (unpaired) electrons. The number of carbonyl (C=O) groups excluding carboxylic acids is 1. The molecule has 1 heterocycles. The maximum Gasteiger partial charge on any atom is 0.244 e. The van der Waals surface area contributed by atoms with E-state index in [1.807, 2.05) is 0 Å². The molecule has 6 nitrogen and oxygen atoms in total. The number of aliphatic hydroxyl groups excluding tert-OH is 1. The van der Waals surface area contributed by atoms with Gasteiger partial charge in [0.25, 0.3) is 0 Å². The van der Waals surface area contributed by atoms with Crippen molar-refractivity contribution in [2.75, 3.05) is 7.05 Å². The number of nitrogens with one attached hydrogen (secondary N) is 1. The molecule has 2 unspecified atom stereocenters. The lowest BCUT2D eigenvalue weighted by atomic mass is 10.2. The molecule has 78 valence electrons. The van der Waals surface area contributed by atoms with Gasteiger partial charge in [-0.2, -0.15) is 0 Å². The molecule has 0 aliphatic heterocycles. The number of rotatable bonds is 3. The Morgan fingerprint density at radius 1 is 1.64 bits per heavy atom. The number of carbonyl (C=O) groups is 1. The van der Waals surface area contributed by atoms with Crippen molar-refractivity contribution < 1.29 is 9.90 Å². The second-order valence-corrected chi connectivity index (χ2v) is 3.07. The van der Waals surface area contributed by atoms with Crippen LogP contribution in [0.3, 0.4) is 0 Å². The van der Waals surface area contributed by atoms with Crippen molar-refractivity contribution in [3.63, 3.8) is 0 Å². The first-order chi connectivity index (χ1) is 6.57. The molecule has 0 saturated heterocycles. The van der Waals surface area contributed by atoms with Crippen LogP contribution < -0.4 is 5.32 Å². The van der Waals surface area contributed by atoms with Crippen molar-refractivity contribution in [2.24, 2.45) is 0 Å². The van der Waals surface area contributed by atoms with Gasteiger partial charge in [0, 0.05) is 7.05 Å². The standard InChI is InChI=1S/C8H14N4O2/c1-5(8(14)9-3)12-7(6(2)13)4-10-11-12/h4-6,13H,1-3H3,(H,9,14). The predicted molar refractivity (Wildman–Crippen MR) is 49.4 cm³/mol. The van der Waals surface area contributed by atoms with E-state index >= 15 is 0 Å². The SMILES string of the molecule is CNC(=O)C(C)n1nncc1C(C)O. The number of aromatic nitrogens is 3. The molecule has 1 amide bonds. The van der Waals surface area contributed by atoms with E-state index in [0.29, 0.717) is 5.69 Å². The van der Waals surface area contributed by atoms with E-state index in [1.165, 1.54) is 10.9 Å². The summed E-state index contributed by atoms with van der Waals surface area (Å²) in [5.41, 5.74) is 0.529. The highest BCUT2D eigenvalue weighted by Crippen LogP contribution is 2.14. The minimum absolute atomic E-state index is 0.169. The Hall–Kier alpha value is -1.43. The predicted octanol–water partition coefficient (Wildman–Crippen LogP) is -0.362. The number of nitrogens with zero attached hydrogens (tertiary/aromatic N) is 3. The van der Waals surface area contributed by atoms with Crippen LogP contribution >= 0.6 is 0 Å². The zero-order chi connectivity index (χ0) is 10.7. The van der Waals surface area contributed by atoms with Crippen molar-refractivity contribution in [3.8, 4) is 0 Å². The number of hydrogen-bond donors (Lipinski definition) is 2. The van der Waals surface area contributed by atoms with E-state index < -0.39 is 12.1 Å². The fourth-order valence-electron chi connectivity index (χ4n) is 1.17. The third-order valence-corrected chi connectivity index (χ3v) is 2.02. The Kier molecular flexibility index (Phi) is 3.19. The number of likely N-dealkylation sites (N-methyl/N-ethyl adjacent to an activating group) is 1. The number of hydrogen-bond acceptors (Lipinski definition) is 4. The first-order valence-electron chi connectivity index (χ1n) is 4.37. The zero-order valence-electron chi connectivity index (χ0n) is 8.43. The van der Waals surface area contributed by atoms with Crippen LogP contribution in [0.2, 0.25) is 0 Å². The maximum absolute atomic E-state index is 11.3. The topological polar surface area (TPSA) is 80.0 Å². The lowest BCUT2D eigenvalue weighted by Crippen LogP contribution is -2.29. The van der Waals surface area contributed by atoms with Crippen molar-refractivity contribution in [3.05, 3.63) is 11.9 Å². The molecule has 0 saturated carbocycles. The van der Waals surface area contributed by atoms with Gasteiger partial charge in [-0.25, -0.2) is 4.68 Å². The fraction of sp³-hybridized carbons (Fsp3) is 0.625. The van der Waals surface area contributed by atoms with Gasteiger partial charge in [-0.1, -0.05) is 5.21 Å². The Bertz CT molecular complexity index is 321. The summed E-state index contributed by atoms with van der Waals surface area (Å²) in [4.78, 5) is 11.3. The van der Waals surface area contributed by atoms with E-state index in [-0.39, 0.29) is 5.91 Å². The maximum atomic E-state index is 11.3. The molecule has 0 bridgehead atoms. The summed E-state index contributed by atoms with van der Waals surface area (Å²) < 4.78 is 1.41. The average Bonchev–Trinajstić information content (AvgIpc) is 2.63. The van der Waals surface area contributed by atoms with Crippen LogP contribution in [0.4, 0.5) is 0 Å². The van der Waals surface area contributed by atoms with Gasteiger partial charge in [0.05, 0.1) is 18.0 Å². The summed E-state index contributed by atoms with van der Waals surface area (Å²) in [6.45, 7) is 3.30. The van der Waals surface area contributed by atoms with Gasteiger partial charge in [0.15, 0.2) is 0 Å². The Morgan fingerprint density at radius 3 is 2.79 bits per heavy atom. The molecule has 1 aromatic rings. The summed E-state index contributed by atoms with van der Waals surface area (Å²) in [7, 11) is 1.55. The van der Waals surface area contributed by atoms with Crippen LogP contribution in [0.5, 0.6) is 0 Å². The molecule has 0 fully saturated rings. The summed E-state index contributed by atoms with van der Waals surface area (Å²) in [6, 6.07) is -0.466. The minimum Gasteiger partial charge on any atom is -0.387 e. The van der Waals surface area contributed by atoms with E-state index in [2.05, 4.69) is 15.6 Å². The minimum atomic E-state index is -0.683. The van der Waals surface area contributed by atoms with Gasteiger partial charge in [-0.3, -0.25) is 4.79 Å². The molecule has 0 aliphatic rings. The molecule has 2 atom stereocenters. The van der Waals surface area contributed by atoms with Crippen molar-refractivity contribution in [2.45, 2.75) is 26.0 Å². The monoisotopic (exact) mass is 198 g/mol. The summed E-state index contributed by atoms with van der Waals surface area (Å²) in [5.74, 6) is -0.169. The first kappa shape index (κ1) is 10.6. The van der Waals surface area contributed by atoms with Crippen molar-refractivity contribution in [1.82, 2.24) is 20.3 Å². The van der Waals surface area contributed by atoms with Crippen LogP contribution in [0.15, 0.2) is 6.20 Å². The van der Waals surface area contributed by atoms with Crippen molar-refractivity contribution in [1.29, 1.82) is 0 Å². The lowest BCUT2D eigenvalue weighted by Gasteiger charge is -2.13. The second kappa shape index (κ2) is 4.19. The molecular weight excluding hydrogens is 184 g/mol. The number of amides is 1. The van der Waals surface area contributed by atoms with Gasteiger partial charge in [0.2, 0.25) is 5.91 Å². The van der Waals surface area contributed by atoms with Crippen LogP contribution in [0.25, 0.3) is 0 Å². The second-order valence-electron chi connectivity index (χ2n) is 3.07. The summed E-state index contributed by atoms with van der Waals surface area (Å²) >= 11 is 0.